The lowest BCUT2D eigenvalue weighted by atomic mass is 9.84. The average molecular weight is 323 g/mol. The number of carbonyl (C=O) groups is 1. The Morgan fingerprint density at radius 3 is 2.59 bits per heavy atom. The molecule has 1 aromatic rings. The van der Waals surface area contributed by atoms with E-state index in [2.05, 4.69) is 11.9 Å². The molecule has 2 saturated heterocycles. The topological polar surface area (TPSA) is 43.8 Å². The number of amides is 1. The van der Waals surface area contributed by atoms with E-state index in [1.54, 1.807) is 6.07 Å². The standard InChI is InChI=1S/C17H23ClN2O2/c1-19-7-4-12(5-8-19)13-6-9-20(11-13)17(22)15-10-14(21)2-3-16(15)18/h2-3,10,12-13,21H,4-9,11H2,1H3. The molecule has 0 spiro atoms. The van der Waals surface area contributed by atoms with Crippen LogP contribution < -0.4 is 0 Å². The Hall–Kier alpha value is -1.26. The van der Waals surface area contributed by atoms with Gasteiger partial charge in [-0.1, -0.05) is 11.6 Å². The number of hydrogen-bond donors (Lipinski definition) is 1. The summed E-state index contributed by atoms with van der Waals surface area (Å²) in [5, 5.41) is 9.98. The zero-order valence-corrected chi connectivity index (χ0v) is 13.7. The van der Waals surface area contributed by atoms with Gasteiger partial charge in [-0.3, -0.25) is 4.79 Å². The second-order valence-electron chi connectivity index (χ2n) is 6.60. The molecule has 2 aliphatic rings. The van der Waals surface area contributed by atoms with Crippen LogP contribution in [0.2, 0.25) is 5.02 Å². The molecule has 1 aromatic carbocycles. The first-order chi connectivity index (χ1) is 10.5. The molecule has 2 fully saturated rings. The highest BCUT2D eigenvalue weighted by Gasteiger charge is 2.34. The molecule has 120 valence electrons. The number of halogens is 1. The molecule has 0 aliphatic carbocycles. The molecule has 22 heavy (non-hydrogen) atoms. The van der Waals surface area contributed by atoms with E-state index in [-0.39, 0.29) is 11.7 Å². The molecule has 1 N–H and O–H groups in total. The molecule has 0 radical (unpaired) electrons. The van der Waals surface area contributed by atoms with Gasteiger partial charge in [0.1, 0.15) is 5.75 Å². The number of carbonyl (C=O) groups excluding carboxylic acids is 1. The number of phenols is 1. The maximum Gasteiger partial charge on any atom is 0.255 e. The van der Waals surface area contributed by atoms with Gasteiger partial charge in [-0.05, 0) is 69.4 Å². The van der Waals surface area contributed by atoms with Crippen LogP contribution in [-0.4, -0.2) is 54.0 Å². The molecular formula is C17H23ClN2O2. The maximum absolute atomic E-state index is 12.6. The highest BCUT2D eigenvalue weighted by Crippen LogP contribution is 2.33. The fourth-order valence-electron chi connectivity index (χ4n) is 3.70. The minimum Gasteiger partial charge on any atom is -0.508 e. The summed E-state index contributed by atoms with van der Waals surface area (Å²) >= 11 is 6.11. The van der Waals surface area contributed by atoms with E-state index in [4.69, 9.17) is 11.6 Å². The smallest absolute Gasteiger partial charge is 0.255 e. The second kappa shape index (κ2) is 6.47. The van der Waals surface area contributed by atoms with Crippen molar-refractivity contribution in [1.29, 1.82) is 0 Å². The number of likely N-dealkylation sites (tertiary alicyclic amines) is 2. The van der Waals surface area contributed by atoms with E-state index in [1.165, 1.54) is 25.0 Å². The lowest BCUT2D eigenvalue weighted by Gasteiger charge is -2.32. The Labute approximate surface area is 136 Å². The molecule has 2 aliphatic heterocycles. The Morgan fingerprint density at radius 2 is 1.86 bits per heavy atom. The van der Waals surface area contributed by atoms with Gasteiger partial charge < -0.3 is 14.9 Å². The first kappa shape index (κ1) is 15.6. The summed E-state index contributed by atoms with van der Waals surface area (Å²) in [6, 6.07) is 4.55. The number of aromatic hydroxyl groups is 1. The number of nitrogens with zero attached hydrogens (tertiary/aromatic N) is 2. The van der Waals surface area contributed by atoms with Crippen molar-refractivity contribution in [3.05, 3.63) is 28.8 Å². The summed E-state index contributed by atoms with van der Waals surface area (Å²) in [5.41, 5.74) is 0.408. The number of piperidine rings is 1. The molecule has 1 unspecified atom stereocenters. The SMILES string of the molecule is CN1CCC(C2CCN(C(=O)c3cc(O)ccc3Cl)C2)CC1. The van der Waals surface area contributed by atoms with E-state index in [0.29, 0.717) is 16.5 Å². The Balaban J connectivity index is 1.65. The van der Waals surface area contributed by atoms with Crippen molar-refractivity contribution in [2.24, 2.45) is 11.8 Å². The summed E-state index contributed by atoms with van der Waals surface area (Å²) < 4.78 is 0. The Bertz CT molecular complexity index is 556. The molecule has 5 heteroatoms. The normalized spacial score (nSPS) is 23.9. The minimum absolute atomic E-state index is 0.0590. The molecule has 0 aromatic heterocycles. The summed E-state index contributed by atoms with van der Waals surface area (Å²) in [6.07, 6.45) is 3.54. The van der Waals surface area contributed by atoms with Crippen LogP contribution in [0.1, 0.15) is 29.6 Å². The third-order valence-electron chi connectivity index (χ3n) is 5.12. The molecule has 0 saturated carbocycles. The van der Waals surface area contributed by atoms with Gasteiger partial charge in [0.15, 0.2) is 0 Å². The van der Waals surface area contributed by atoms with E-state index in [9.17, 15) is 9.90 Å². The molecule has 3 rings (SSSR count). The van der Waals surface area contributed by atoms with E-state index >= 15 is 0 Å². The number of phenolic OH excluding ortho intramolecular Hbond substituents is 1. The lowest BCUT2D eigenvalue weighted by molar-refractivity contribution is 0.0776. The summed E-state index contributed by atoms with van der Waals surface area (Å²) in [7, 11) is 2.17. The van der Waals surface area contributed by atoms with Crippen LogP contribution in [0.4, 0.5) is 0 Å². The van der Waals surface area contributed by atoms with Gasteiger partial charge in [0.2, 0.25) is 0 Å². The summed E-state index contributed by atoms with van der Waals surface area (Å²) in [5.74, 6) is 1.36. The van der Waals surface area contributed by atoms with Crippen LogP contribution >= 0.6 is 11.6 Å². The third-order valence-corrected chi connectivity index (χ3v) is 5.45. The van der Waals surface area contributed by atoms with E-state index < -0.39 is 0 Å². The molecular weight excluding hydrogens is 300 g/mol. The van der Waals surface area contributed by atoms with Gasteiger partial charge in [0.25, 0.3) is 5.91 Å². The average Bonchev–Trinajstić information content (AvgIpc) is 2.99. The lowest BCUT2D eigenvalue weighted by Crippen LogP contribution is -2.35. The van der Waals surface area contributed by atoms with E-state index in [0.717, 1.165) is 38.5 Å². The third kappa shape index (κ3) is 3.23. The van der Waals surface area contributed by atoms with Gasteiger partial charge in [0, 0.05) is 13.1 Å². The monoisotopic (exact) mass is 322 g/mol. The Morgan fingerprint density at radius 1 is 1.18 bits per heavy atom. The van der Waals surface area contributed by atoms with E-state index in [1.807, 2.05) is 4.90 Å². The first-order valence-corrected chi connectivity index (χ1v) is 8.38. The van der Waals surface area contributed by atoms with Crippen LogP contribution in [0.5, 0.6) is 5.75 Å². The molecule has 2 heterocycles. The predicted octanol–water partition coefficient (Wildman–Crippen LogP) is 2.85. The van der Waals surface area contributed by atoms with Crippen LogP contribution in [0.15, 0.2) is 18.2 Å². The fraction of sp³-hybridized carbons (Fsp3) is 0.588. The van der Waals surface area contributed by atoms with Gasteiger partial charge in [-0.2, -0.15) is 0 Å². The number of rotatable bonds is 2. The second-order valence-corrected chi connectivity index (χ2v) is 7.01. The molecule has 1 atom stereocenters. The molecule has 0 bridgehead atoms. The van der Waals surface area contributed by atoms with Crippen molar-refractivity contribution in [2.75, 3.05) is 33.2 Å². The van der Waals surface area contributed by atoms with Crippen molar-refractivity contribution >= 4 is 17.5 Å². The summed E-state index contributed by atoms with van der Waals surface area (Å²) in [6.45, 7) is 3.93. The largest absolute Gasteiger partial charge is 0.508 e. The molecule has 4 nitrogen and oxygen atoms in total. The van der Waals surface area contributed by atoms with Crippen molar-refractivity contribution in [3.63, 3.8) is 0 Å². The summed E-state index contributed by atoms with van der Waals surface area (Å²) in [4.78, 5) is 16.9. The minimum atomic E-state index is -0.0590. The zero-order valence-electron chi connectivity index (χ0n) is 13.0. The van der Waals surface area contributed by atoms with Gasteiger partial charge in [-0.25, -0.2) is 0 Å². The number of hydrogen-bond acceptors (Lipinski definition) is 3. The van der Waals surface area contributed by atoms with Crippen LogP contribution in [0.25, 0.3) is 0 Å². The molecule has 1 amide bonds. The van der Waals surface area contributed by atoms with Gasteiger partial charge in [-0.15, -0.1) is 0 Å². The van der Waals surface area contributed by atoms with Crippen molar-refractivity contribution in [1.82, 2.24) is 9.80 Å². The first-order valence-electron chi connectivity index (χ1n) is 8.01. The number of benzene rings is 1. The quantitative estimate of drug-likeness (QED) is 0.910. The van der Waals surface area contributed by atoms with Crippen molar-refractivity contribution in [2.45, 2.75) is 19.3 Å². The van der Waals surface area contributed by atoms with Gasteiger partial charge in [0.05, 0.1) is 10.6 Å². The van der Waals surface area contributed by atoms with Crippen molar-refractivity contribution in [3.8, 4) is 5.75 Å². The fourth-order valence-corrected chi connectivity index (χ4v) is 3.90. The zero-order chi connectivity index (χ0) is 15.7. The highest BCUT2D eigenvalue weighted by atomic mass is 35.5. The van der Waals surface area contributed by atoms with Gasteiger partial charge >= 0.3 is 0 Å². The highest BCUT2D eigenvalue weighted by molar-refractivity contribution is 6.33. The maximum atomic E-state index is 12.6. The predicted molar refractivity (Wildman–Crippen MR) is 87.3 cm³/mol. The van der Waals surface area contributed by atoms with Crippen LogP contribution in [0.3, 0.4) is 0 Å². The Kier molecular flexibility index (Phi) is 4.59. The van der Waals surface area contributed by atoms with Crippen LogP contribution in [0, 0.1) is 11.8 Å². The van der Waals surface area contributed by atoms with Crippen LogP contribution in [-0.2, 0) is 0 Å². The van der Waals surface area contributed by atoms with Crippen molar-refractivity contribution < 1.29 is 9.90 Å².